The minimum Gasteiger partial charge on any atom is -0.389 e. The van der Waals surface area contributed by atoms with Crippen molar-refractivity contribution in [1.82, 2.24) is 10.2 Å². The normalized spacial score (nSPS) is 21.4. The Hall–Kier alpha value is -0.790. The molecule has 6 heteroatoms. The molecule has 1 fully saturated rings. The van der Waals surface area contributed by atoms with Gasteiger partial charge in [-0.25, -0.2) is 0 Å². The molecule has 0 bridgehead atoms. The molecule has 0 radical (unpaired) electrons. The minimum absolute atomic E-state index is 0.279. The van der Waals surface area contributed by atoms with Crippen molar-refractivity contribution in [3.63, 3.8) is 0 Å². The van der Waals surface area contributed by atoms with Gasteiger partial charge in [0.2, 0.25) is 0 Å². The summed E-state index contributed by atoms with van der Waals surface area (Å²) < 4.78 is 5.89. The van der Waals surface area contributed by atoms with Crippen LogP contribution >= 0.6 is 15.9 Å². The maximum Gasteiger partial charge on any atom is 0.133 e. The van der Waals surface area contributed by atoms with Crippen molar-refractivity contribution < 1.29 is 14.6 Å². The number of nitrogens with zero attached hydrogens (tertiary/aromatic N) is 1. The van der Waals surface area contributed by atoms with Gasteiger partial charge in [0, 0.05) is 30.7 Å². The quantitative estimate of drug-likeness (QED) is 0.488. The summed E-state index contributed by atoms with van der Waals surface area (Å²) in [4.78, 5) is 12.4. The van der Waals surface area contributed by atoms with Crippen LogP contribution in [0.5, 0.6) is 0 Å². The van der Waals surface area contributed by atoms with Gasteiger partial charge in [-0.1, -0.05) is 41.3 Å². The predicted octanol–water partition coefficient (Wildman–Crippen LogP) is 3.34. The molecule has 1 aliphatic carbocycles. The van der Waals surface area contributed by atoms with Gasteiger partial charge in [-0.2, -0.15) is 0 Å². The molecule has 2 aliphatic rings. The average molecular weight is 455 g/mol. The molecule has 2 unspecified atom stereocenters. The number of ether oxygens (including phenoxy) is 1. The van der Waals surface area contributed by atoms with Gasteiger partial charge < -0.3 is 20.0 Å². The van der Waals surface area contributed by atoms with Crippen LogP contribution in [0.3, 0.4) is 0 Å². The highest BCUT2D eigenvalue weighted by molar-refractivity contribution is 9.10. The SMILES string of the molecule is CN1CCc2ccc(Br)cc2C1C1CCCCC1.COCC(O)CNCC=O. The van der Waals surface area contributed by atoms with Crippen molar-refractivity contribution in [1.29, 1.82) is 0 Å². The van der Waals surface area contributed by atoms with E-state index >= 15 is 0 Å². The van der Waals surface area contributed by atoms with Crippen molar-refractivity contribution in [2.24, 2.45) is 5.92 Å². The Bertz CT molecular complexity index is 593. The highest BCUT2D eigenvalue weighted by Gasteiger charge is 2.32. The van der Waals surface area contributed by atoms with Gasteiger partial charge in [0.1, 0.15) is 6.29 Å². The molecule has 0 spiro atoms. The van der Waals surface area contributed by atoms with E-state index in [2.05, 4.69) is 56.1 Å². The number of carbonyl (C=O) groups is 1. The largest absolute Gasteiger partial charge is 0.389 e. The summed E-state index contributed by atoms with van der Waals surface area (Å²) in [5, 5.41) is 11.7. The molecule has 1 aromatic rings. The molecule has 0 saturated heterocycles. The predicted molar refractivity (Wildman–Crippen MR) is 117 cm³/mol. The van der Waals surface area contributed by atoms with Crippen LogP contribution in [0.4, 0.5) is 0 Å². The fourth-order valence-electron chi connectivity index (χ4n) is 4.37. The maximum absolute atomic E-state index is 9.77. The number of nitrogens with one attached hydrogen (secondary N) is 1. The highest BCUT2D eigenvalue weighted by atomic mass is 79.9. The third kappa shape index (κ3) is 7.23. The molecule has 28 heavy (non-hydrogen) atoms. The summed E-state index contributed by atoms with van der Waals surface area (Å²) in [6, 6.07) is 7.54. The molecule has 1 aromatic carbocycles. The number of carbonyl (C=O) groups excluding carboxylic acids is 1. The van der Waals surface area contributed by atoms with Crippen molar-refractivity contribution in [3.05, 3.63) is 33.8 Å². The van der Waals surface area contributed by atoms with Crippen LogP contribution in [-0.4, -0.2) is 62.8 Å². The number of likely N-dealkylation sites (N-methyl/N-ethyl adjacent to an activating group) is 1. The minimum atomic E-state index is -0.523. The zero-order valence-electron chi connectivity index (χ0n) is 17.2. The van der Waals surface area contributed by atoms with Crippen molar-refractivity contribution in [2.45, 2.75) is 50.7 Å². The molecule has 158 valence electrons. The lowest BCUT2D eigenvalue weighted by Gasteiger charge is -2.41. The van der Waals surface area contributed by atoms with E-state index in [1.165, 1.54) is 56.7 Å². The van der Waals surface area contributed by atoms with Crippen LogP contribution in [0.1, 0.15) is 49.3 Å². The van der Waals surface area contributed by atoms with Crippen LogP contribution in [0.25, 0.3) is 0 Å². The fourth-order valence-corrected chi connectivity index (χ4v) is 4.74. The Morgan fingerprint density at radius 3 is 2.79 bits per heavy atom. The smallest absolute Gasteiger partial charge is 0.133 e. The van der Waals surface area contributed by atoms with E-state index in [0.29, 0.717) is 19.2 Å². The Labute approximate surface area is 178 Å². The van der Waals surface area contributed by atoms with Gasteiger partial charge >= 0.3 is 0 Å². The zero-order chi connectivity index (χ0) is 20.4. The lowest BCUT2D eigenvalue weighted by Crippen LogP contribution is -2.37. The lowest BCUT2D eigenvalue weighted by molar-refractivity contribution is -0.107. The van der Waals surface area contributed by atoms with Gasteiger partial charge in [-0.15, -0.1) is 0 Å². The molecule has 1 aliphatic heterocycles. The second-order valence-corrected chi connectivity index (χ2v) is 8.77. The number of aliphatic hydroxyl groups is 1. The van der Waals surface area contributed by atoms with Gasteiger partial charge in [0.15, 0.2) is 0 Å². The van der Waals surface area contributed by atoms with Gasteiger partial charge in [-0.3, -0.25) is 4.90 Å². The molecule has 0 amide bonds. The molecule has 2 atom stereocenters. The summed E-state index contributed by atoms with van der Waals surface area (Å²) in [5.41, 5.74) is 3.16. The fraction of sp³-hybridized carbons (Fsp3) is 0.682. The van der Waals surface area contributed by atoms with Crippen molar-refractivity contribution >= 4 is 22.2 Å². The van der Waals surface area contributed by atoms with E-state index in [1.807, 2.05) is 0 Å². The van der Waals surface area contributed by atoms with E-state index < -0.39 is 6.10 Å². The number of hydrogen-bond acceptors (Lipinski definition) is 5. The van der Waals surface area contributed by atoms with Gasteiger partial charge in [0.25, 0.3) is 0 Å². The van der Waals surface area contributed by atoms with Crippen LogP contribution in [0.15, 0.2) is 22.7 Å². The molecule has 1 heterocycles. The molecule has 3 rings (SSSR count). The number of aliphatic hydroxyl groups excluding tert-OH is 1. The summed E-state index contributed by atoms with van der Waals surface area (Å²) in [5.74, 6) is 0.872. The third-order valence-electron chi connectivity index (χ3n) is 5.70. The third-order valence-corrected chi connectivity index (χ3v) is 6.19. The van der Waals surface area contributed by atoms with E-state index in [1.54, 1.807) is 11.1 Å². The number of rotatable bonds is 7. The van der Waals surface area contributed by atoms with Crippen LogP contribution in [0, 0.1) is 5.92 Å². The Kier molecular flexibility index (Phi) is 10.7. The first-order chi connectivity index (χ1) is 13.6. The van der Waals surface area contributed by atoms with E-state index in [-0.39, 0.29) is 6.54 Å². The molecule has 1 saturated carbocycles. The van der Waals surface area contributed by atoms with Gasteiger partial charge in [0.05, 0.1) is 19.3 Å². The Morgan fingerprint density at radius 1 is 1.36 bits per heavy atom. The zero-order valence-corrected chi connectivity index (χ0v) is 18.8. The summed E-state index contributed by atoms with van der Waals surface area (Å²) in [6.45, 7) is 2.19. The second kappa shape index (κ2) is 12.7. The number of fused-ring (bicyclic) bond motifs is 1. The van der Waals surface area contributed by atoms with Crippen molar-refractivity contribution in [3.8, 4) is 0 Å². The molecule has 0 aromatic heterocycles. The molecular weight excluding hydrogens is 420 g/mol. The second-order valence-electron chi connectivity index (χ2n) is 7.85. The summed E-state index contributed by atoms with van der Waals surface area (Å²) in [7, 11) is 3.83. The summed E-state index contributed by atoms with van der Waals surface area (Å²) >= 11 is 3.64. The Morgan fingerprint density at radius 2 is 2.11 bits per heavy atom. The standard InChI is InChI=1S/C16H22BrN.C6H13NO3/c1-18-10-9-12-7-8-14(17)11-15(12)16(18)13-5-3-2-4-6-13;1-10-5-6(9)4-7-2-3-8/h7-8,11,13,16H,2-6,9-10H2,1H3;3,6-7,9H,2,4-5H2,1H3. The first kappa shape index (κ1) is 23.5. The first-order valence-electron chi connectivity index (χ1n) is 10.4. The molecule has 5 nitrogen and oxygen atoms in total. The van der Waals surface area contributed by atoms with Crippen LogP contribution in [-0.2, 0) is 16.0 Å². The number of methoxy groups -OCH3 is 1. The number of halogens is 1. The lowest BCUT2D eigenvalue weighted by atomic mass is 9.77. The van der Waals surface area contributed by atoms with Crippen molar-refractivity contribution in [2.75, 3.05) is 40.4 Å². The highest BCUT2D eigenvalue weighted by Crippen LogP contribution is 2.41. The number of hydrogen-bond donors (Lipinski definition) is 2. The molecule has 2 N–H and O–H groups in total. The number of benzene rings is 1. The summed E-state index contributed by atoms with van der Waals surface area (Å²) in [6.07, 6.45) is 8.57. The monoisotopic (exact) mass is 454 g/mol. The molecular formula is C22H35BrN2O3. The van der Waals surface area contributed by atoms with Crippen LogP contribution in [0.2, 0.25) is 0 Å². The first-order valence-corrected chi connectivity index (χ1v) is 11.2. The average Bonchev–Trinajstić information content (AvgIpc) is 2.69. The number of aldehydes is 1. The van der Waals surface area contributed by atoms with Crippen LogP contribution < -0.4 is 5.32 Å². The topological polar surface area (TPSA) is 61.8 Å². The maximum atomic E-state index is 9.77. The van der Waals surface area contributed by atoms with Gasteiger partial charge in [-0.05, 0) is 55.5 Å². The van der Waals surface area contributed by atoms with E-state index in [4.69, 9.17) is 5.11 Å². The Balaban J connectivity index is 0.000000242. The van der Waals surface area contributed by atoms with E-state index in [9.17, 15) is 4.79 Å². The van der Waals surface area contributed by atoms with E-state index in [0.717, 1.165) is 12.2 Å².